The van der Waals surface area contributed by atoms with Crippen LogP contribution in [-0.2, 0) is 0 Å². The summed E-state index contributed by atoms with van der Waals surface area (Å²) >= 11 is 0. The molecule has 0 aromatic rings. The van der Waals surface area contributed by atoms with E-state index < -0.39 is 11.5 Å². The minimum Gasteiger partial charge on any atom is -0.465 e. The first kappa shape index (κ1) is 13.0. The van der Waals surface area contributed by atoms with Crippen LogP contribution in [0.5, 0.6) is 0 Å². The van der Waals surface area contributed by atoms with Gasteiger partial charge in [0, 0.05) is 12.5 Å². The van der Waals surface area contributed by atoms with Gasteiger partial charge in [-0.3, -0.25) is 4.90 Å². The van der Waals surface area contributed by atoms with Gasteiger partial charge in [0.1, 0.15) is 0 Å². The van der Waals surface area contributed by atoms with Crippen molar-refractivity contribution in [1.29, 1.82) is 10.5 Å². The van der Waals surface area contributed by atoms with Gasteiger partial charge in [-0.2, -0.15) is 10.5 Å². The van der Waals surface area contributed by atoms with Crippen LogP contribution in [-0.4, -0.2) is 28.2 Å². The third kappa shape index (κ3) is 1.92. The average Bonchev–Trinajstić information content (AvgIpc) is 2.67. The van der Waals surface area contributed by atoms with E-state index in [9.17, 15) is 15.3 Å². The second-order valence-electron chi connectivity index (χ2n) is 4.89. The molecule has 5 nitrogen and oxygen atoms in total. The molecule has 2 rings (SSSR count). The maximum Gasteiger partial charge on any atom is 0.408 e. The van der Waals surface area contributed by atoms with E-state index in [2.05, 4.69) is 5.92 Å². The normalized spacial score (nSPS) is 24.9. The highest BCUT2D eigenvalue weighted by atomic mass is 16.4. The highest BCUT2D eigenvalue weighted by Crippen LogP contribution is 2.42. The number of hydrogen-bond donors (Lipinski definition) is 1. The summed E-state index contributed by atoms with van der Waals surface area (Å²) in [6.07, 6.45) is 8.02. The van der Waals surface area contributed by atoms with Gasteiger partial charge < -0.3 is 5.11 Å². The van der Waals surface area contributed by atoms with Crippen LogP contribution >= 0.6 is 0 Å². The summed E-state index contributed by atoms with van der Waals surface area (Å²) in [6.45, 7) is 0. The fourth-order valence-electron chi connectivity index (χ4n) is 2.96. The van der Waals surface area contributed by atoms with Crippen LogP contribution in [0, 0.1) is 40.4 Å². The number of terminal acetylenes is 1. The summed E-state index contributed by atoms with van der Waals surface area (Å²) < 4.78 is 0. The molecule has 1 amide bonds. The Balaban J connectivity index is 2.37. The summed E-state index contributed by atoms with van der Waals surface area (Å²) in [4.78, 5) is 12.6. The fourth-order valence-corrected chi connectivity index (χ4v) is 2.96. The molecule has 0 saturated carbocycles. The Hall–Kier alpha value is -2.45. The third-order valence-corrected chi connectivity index (χ3v) is 3.91. The number of nitrogens with zero attached hydrogens (tertiary/aromatic N) is 3. The number of nitriles is 2. The zero-order chi connectivity index (χ0) is 14.0. The van der Waals surface area contributed by atoms with Gasteiger partial charge in [-0.1, -0.05) is 6.08 Å². The van der Waals surface area contributed by atoms with Crippen molar-refractivity contribution in [1.82, 2.24) is 4.90 Å². The van der Waals surface area contributed by atoms with Gasteiger partial charge in [0.25, 0.3) is 0 Å². The molecule has 2 heterocycles. The molecular weight excluding hydrogens is 242 g/mol. The van der Waals surface area contributed by atoms with Crippen molar-refractivity contribution >= 4 is 6.09 Å². The number of carboxylic acid groups (broad SMARTS) is 1. The maximum atomic E-state index is 11.2. The van der Waals surface area contributed by atoms with Gasteiger partial charge in [-0.15, -0.1) is 12.3 Å². The molecule has 0 aromatic carbocycles. The summed E-state index contributed by atoms with van der Waals surface area (Å²) in [5.41, 5.74) is -0.624. The summed E-state index contributed by atoms with van der Waals surface area (Å²) in [6, 6.07) is 3.65. The molecule has 1 N–H and O–H groups in total. The molecule has 19 heavy (non-hydrogen) atoms. The Bertz CT molecular complexity index is 545. The van der Waals surface area contributed by atoms with Gasteiger partial charge in [0.2, 0.25) is 0 Å². The van der Waals surface area contributed by atoms with Crippen LogP contribution in [0.2, 0.25) is 0 Å². The van der Waals surface area contributed by atoms with Crippen LogP contribution in [0.3, 0.4) is 0 Å². The van der Waals surface area contributed by atoms with Gasteiger partial charge in [0.05, 0.1) is 18.2 Å². The summed E-state index contributed by atoms with van der Waals surface area (Å²) in [7, 11) is 0. The van der Waals surface area contributed by atoms with Crippen molar-refractivity contribution in [3.63, 3.8) is 0 Å². The van der Waals surface area contributed by atoms with Gasteiger partial charge in [0.15, 0.2) is 5.41 Å². The van der Waals surface area contributed by atoms with Crippen LogP contribution in [0.15, 0.2) is 11.6 Å². The van der Waals surface area contributed by atoms with Crippen LogP contribution < -0.4 is 0 Å². The number of amides is 1. The molecule has 5 heteroatoms. The molecule has 2 atom stereocenters. The van der Waals surface area contributed by atoms with E-state index in [1.165, 1.54) is 4.90 Å². The van der Waals surface area contributed by atoms with E-state index in [0.29, 0.717) is 12.0 Å². The maximum absolute atomic E-state index is 11.2. The van der Waals surface area contributed by atoms with Crippen molar-refractivity contribution in [3.05, 3.63) is 11.6 Å². The molecule has 1 saturated heterocycles. The SMILES string of the molecule is C#CCC(C#N)(C#N)C1=CC2CCC(C1)N2C(=O)O. The average molecular weight is 255 g/mol. The topological polar surface area (TPSA) is 88.1 Å². The highest BCUT2D eigenvalue weighted by molar-refractivity contribution is 5.67. The first-order valence-corrected chi connectivity index (χ1v) is 6.06. The van der Waals surface area contributed by atoms with Crippen LogP contribution in [0.1, 0.15) is 25.7 Å². The Morgan fingerprint density at radius 1 is 1.53 bits per heavy atom. The van der Waals surface area contributed by atoms with Crippen molar-refractivity contribution in [2.75, 3.05) is 0 Å². The van der Waals surface area contributed by atoms with E-state index in [4.69, 9.17) is 11.5 Å². The molecule has 0 aromatic heterocycles. The summed E-state index contributed by atoms with van der Waals surface area (Å²) in [5.74, 6) is 2.38. The minimum absolute atomic E-state index is 0.0400. The largest absolute Gasteiger partial charge is 0.465 e. The quantitative estimate of drug-likeness (QED) is 0.602. The van der Waals surface area contributed by atoms with Gasteiger partial charge in [-0.25, -0.2) is 4.79 Å². The minimum atomic E-state index is -1.31. The molecule has 2 bridgehead atoms. The molecular formula is C14H13N3O2. The predicted octanol–water partition coefficient (Wildman–Crippen LogP) is 1.88. The van der Waals surface area contributed by atoms with E-state index in [-0.39, 0.29) is 18.5 Å². The summed E-state index contributed by atoms with van der Waals surface area (Å²) in [5, 5.41) is 27.7. The molecule has 0 radical (unpaired) electrons. The molecule has 96 valence electrons. The van der Waals surface area contributed by atoms with E-state index >= 15 is 0 Å². The molecule has 2 aliphatic rings. The zero-order valence-corrected chi connectivity index (χ0v) is 10.3. The smallest absolute Gasteiger partial charge is 0.408 e. The monoisotopic (exact) mass is 255 g/mol. The zero-order valence-electron chi connectivity index (χ0n) is 10.3. The third-order valence-electron chi connectivity index (χ3n) is 3.91. The Morgan fingerprint density at radius 2 is 2.21 bits per heavy atom. The lowest BCUT2D eigenvalue weighted by Gasteiger charge is -2.34. The van der Waals surface area contributed by atoms with Crippen molar-refractivity contribution in [2.45, 2.75) is 37.8 Å². The van der Waals surface area contributed by atoms with Crippen LogP contribution in [0.4, 0.5) is 4.79 Å². The molecule has 2 aliphatic heterocycles. The Morgan fingerprint density at radius 3 is 2.68 bits per heavy atom. The second-order valence-corrected chi connectivity index (χ2v) is 4.89. The van der Waals surface area contributed by atoms with E-state index in [0.717, 1.165) is 12.8 Å². The number of rotatable bonds is 2. The molecule has 0 spiro atoms. The van der Waals surface area contributed by atoms with Crippen LogP contribution in [0.25, 0.3) is 0 Å². The lowest BCUT2D eigenvalue weighted by molar-refractivity contribution is 0.125. The van der Waals surface area contributed by atoms with Gasteiger partial charge >= 0.3 is 6.09 Å². The first-order chi connectivity index (χ1) is 9.07. The number of fused-ring (bicyclic) bond motifs is 2. The fraction of sp³-hybridized carbons (Fsp3) is 0.500. The lowest BCUT2D eigenvalue weighted by atomic mass is 9.76. The highest BCUT2D eigenvalue weighted by Gasteiger charge is 2.45. The van der Waals surface area contributed by atoms with Crippen molar-refractivity contribution in [3.8, 4) is 24.5 Å². The Labute approximate surface area is 111 Å². The molecule has 1 fully saturated rings. The number of hydrogen-bond acceptors (Lipinski definition) is 3. The van der Waals surface area contributed by atoms with E-state index in [1.807, 2.05) is 12.1 Å². The molecule has 2 unspecified atom stereocenters. The standard InChI is InChI=1S/C14H13N3O2/c1-2-5-14(8-15,9-16)10-6-11-3-4-12(7-10)17(11)13(18)19/h1,6,11-12H,3-5,7H2,(H,18,19). The lowest BCUT2D eigenvalue weighted by Crippen LogP contribution is -2.44. The predicted molar refractivity (Wildman–Crippen MR) is 66.5 cm³/mol. The van der Waals surface area contributed by atoms with Crippen molar-refractivity contribution < 1.29 is 9.90 Å². The van der Waals surface area contributed by atoms with Gasteiger partial charge in [-0.05, 0) is 24.8 Å². The number of carbonyl (C=O) groups is 1. The molecule has 0 aliphatic carbocycles. The van der Waals surface area contributed by atoms with E-state index in [1.54, 1.807) is 6.08 Å². The Kier molecular flexibility index (Phi) is 3.19. The first-order valence-electron chi connectivity index (χ1n) is 6.06. The van der Waals surface area contributed by atoms with Crippen molar-refractivity contribution in [2.24, 2.45) is 5.41 Å². The second kappa shape index (κ2) is 4.67.